The third-order valence-corrected chi connectivity index (χ3v) is 2.01. The summed E-state index contributed by atoms with van der Waals surface area (Å²) in [6.07, 6.45) is 0. The lowest BCUT2D eigenvalue weighted by atomic mass is 9.92. The second kappa shape index (κ2) is 4.70. The van der Waals surface area contributed by atoms with Crippen LogP contribution in [0.25, 0.3) is 0 Å². The fourth-order valence-corrected chi connectivity index (χ4v) is 0.705. The number of hydrogen-bond donors (Lipinski definition) is 2. The Morgan fingerprint density at radius 2 is 2.18 bits per heavy atom. The lowest BCUT2D eigenvalue weighted by Gasteiger charge is -2.28. The Labute approximate surface area is 68.5 Å². The summed E-state index contributed by atoms with van der Waals surface area (Å²) in [7, 11) is 0. The van der Waals surface area contributed by atoms with Crippen LogP contribution in [0.1, 0.15) is 20.8 Å². The van der Waals surface area contributed by atoms with Crippen molar-refractivity contribution in [3.63, 3.8) is 0 Å². The molecular weight excluding hydrogens is 142 g/mol. The van der Waals surface area contributed by atoms with Gasteiger partial charge in [0.2, 0.25) is 0 Å². The summed E-state index contributed by atoms with van der Waals surface area (Å²) in [6.45, 7) is 7.05. The summed E-state index contributed by atoms with van der Waals surface area (Å²) in [6, 6.07) is 0. The largest absolute Gasteiger partial charge is 0.387 e. The molecular formula is C8H19NO2. The fraction of sp³-hybridized carbons (Fsp3) is 1.00. The molecule has 0 aliphatic heterocycles. The molecule has 0 aromatic rings. The van der Waals surface area contributed by atoms with Crippen LogP contribution >= 0.6 is 0 Å². The van der Waals surface area contributed by atoms with Crippen molar-refractivity contribution in [2.24, 2.45) is 11.7 Å². The molecule has 0 fully saturated rings. The summed E-state index contributed by atoms with van der Waals surface area (Å²) in [4.78, 5) is 0. The van der Waals surface area contributed by atoms with Crippen LogP contribution in [0.15, 0.2) is 0 Å². The van der Waals surface area contributed by atoms with Gasteiger partial charge in [-0.05, 0) is 26.3 Å². The molecule has 0 amide bonds. The molecule has 11 heavy (non-hydrogen) atoms. The van der Waals surface area contributed by atoms with Gasteiger partial charge < -0.3 is 15.6 Å². The van der Waals surface area contributed by atoms with Crippen LogP contribution < -0.4 is 5.73 Å². The Bertz CT molecular complexity index is 104. The van der Waals surface area contributed by atoms with Crippen molar-refractivity contribution in [1.29, 1.82) is 0 Å². The van der Waals surface area contributed by atoms with Crippen LogP contribution in [0.3, 0.4) is 0 Å². The van der Waals surface area contributed by atoms with Crippen molar-refractivity contribution in [3.8, 4) is 0 Å². The molecule has 0 spiro atoms. The molecule has 2 unspecified atom stereocenters. The van der Waals surface area contributed by atoms with Gasteiger partial charge in [0.15, 0.2) is 0 Å². The van der Waals surface area contributed by atoms with E-state index in [1.807, 2.05) is 13.8 Å². The number of ether oxygens (including phenoxy) is 1. The molecule has 0 rings (SSSR count). The van der Waals surface area contributed by atoms with E-state index in [1.165, 1.54) is 0 Å². The zero-order valence-electron chi connectivity index (χ0n) is 7.63. The third kappa shape index (κ3) is 3.70. The maximum atomic E-state index is 9.71. The van der Waals surface area contributed by atoms with E-state index in [4.69, 9.17) is 10.5 Å². The van der Waals surface area contributed by atoms with Gasteiger partial charge in [-0.15, -0.1) is 0 Å². The van der Waals surface area contributed by atoms with E-state index in [-0.39, 0.29) is 5.92 Å². The summed E-state index contributed by atoms with van der Waals surface area (Å²) in [5.41, 5.74) is 4.63. The van der Waals surface area contributed by atoms with Crippen LogP contribution in [-0.4, -0.2) is 30.5 Å². The summed E-state index contributed by atoms with van der Waals surface area (Å²) >= 11 is 0. The molecule has 0 aromatic carbocycles. The molecule has 0 heterocycles. The highest BCUT2D eigenvalue weighted by molar-refractivity contribution is 4.79. The fourth-order valence-electron chi connectivity index (χ4n) is 0.705. The first-order valence-corrected chi connectivity index (χ1v) is 4.04. The number of aliphatic hydroxyl groups is 1. The van der Waals surface area contributed by atoms with E-state index < -0.39 is 5.60 Å². The van der Waals surface area contributed by atoms with Gasteiger partial charge in [-0.3, -0.25) is 0 Å². The standard InChI is InChI=1S/C8H19NO2/c1-4-11-6-8(3,10)7(2)5-9/h7,10H,4-6,9H2,1-3H3. The number of nitrogens with two attached hydrogens (primary N) is 1. The smallest absolute Gasteiger partial charge is 0.0889 e. The molecule has 0 aromatic heterocycles. The second-order valence-corrected chi connectivity index (χ2v) is 3.13. The van der Waals surface area contributed by atoms with E-state index in [0.717, 1.165) is 0 Å². The molecule has 0 saturated carbocycles. The first-order valence-electron chi connectivity index (χ1n) is 4.04. The van der Waals surface area contributed by atoms with Crippen molar-refractivity contribution in [3.05, 3.63) is 0 Å². The number of rotatable bonds is 5. The van der Waals surface area contributed by atoms with Crippen molar-refractivity contribution < 1.29 is 9.84 Å². The van der Waals surface area contributed by atoms with Crippen LogP contribution in [0.5, 0.6) is 0 Å². The molecule has 0 radical (unpaired) electrons. The van der Waals surface area contributed by atoms with Crippen molar-refractivity contribution in [1.82, 2.24) is 0 Å². The quantitative estimate of drug-likeness (QED) is 0.612. The number of hydrogen-bond acceptors (Lipinski definition) is 3. The lowest BCUT2D eigenvalue weighted by molar-refractivity contribution is -0.0625. The van der Waals surface area contributed by atoms with E-state index in [1.54, 1.807) is 6.92 Å². The highest BCUT2D eigenvalue weighted by Crippen LogP contribution is 2.15. The zero-order valence-corrected chi connectivity index (χ0v) is 7.63. The summed E-state index contributed by atoms with van der Waals surface area (Å²) in [5, 5.41) is 9.71. The molecule has 68 valence electrons. The van der Waals surface area contributed by atoms with Gasteiger partial charge in [0.05, 0.1) is 12.2 Å². The second-order valence-electron chi connectivity index (χ2n) is 3.13. The van der Waals surface area contributed by atoms with E-state index >= 15 is 0 Å². The van der Waals surface area contributed by atoms with Crippen molar-refractivity contribution >= 4 is 0 Å². The third-order valence-electron chi connectivity index (χ3n) is 2.01. The monoisotopic (exact) mass is 161 g/mol. The molecule has 2 atom stereocenters. The van der Waals surface area contributed by atoms with Gasteiger partial charge in [0.25, 0.3) is 0 Å². The Morgan fingerprint density at radius 3 is 2.55 bits per heavy atom. The normalized spacial score (nSPS) is 19.4. The highest BCUT2D eigenvalue weighted by atomic mass is 16.5. The lowest BCUT2D eigenvalue weighted by Crippen LogP contribution is -2.41. The molecule has 3 N–H and O–H groups in total. The van der Waals surface area contributed by atoms with Crippen LogP contribution in [0.4, 0.5) is 0 Å². The van der Waals surface area contributed by atoms with Gasteiger partial charge in [-0.1, -0.05) is 6.92 Å². The van der Waals surface area contributed by atoms with Crippen molar-refractivity contribution in [2.75, 3.05) is 19.8 Å². The Balaban J connectivity index is 3.77. The minimum Gasteiger partial charge on any atom is -0.387 e. The molecule has 0 aliphatic rings. The van der Waals surface area contributed by atoms with Crippen LogP contribution in [0.2, 0.25) is 0 Å². The Morgan fingerprint density at radius 1 is 1.64 bits per heavy atom. The first-order chi connectivity index (χ1) is 5.04. The van der Waals surface area contributed by atoms with Gasteiger partial charge in [0, 0.05) is 6.61 Å². The van der Waals surface area contributed by atoms with Crippen LogP contribution in [0, 0.1) is 5.92 Å². The maximum absolute atomic E-state index is 9.71. The van der Waals surface area contributed by atoms with E-state index in [0.29, 0.717) is 19.8 Å². The molecule has 0 saturated heterocycles. The summed E-state index contributed by atoms with van der Waals surface area (Å²) in [5.74, 6) is 0.0778. The maximum Gasteiger partial charge on any atom is 0.0889 e. The predicted molar refractivity (Wildman–Crippen MR) is 45.3 cm³/mol. The highest BCUT2D eigenvalue weighted by Gasteiger charge is 2.26. The van der Waals surface area contributed by atoms with Crippen molar-refractivity contribution in [2.45, 2.75) is 26.4 Å². The molecule has 0 aliphatic carbocycles. The average molecular weight is 161 g/mol. The summed E-state index contributed by atoms with van der Waals surface area (Å²) < 4.78 is 5.12. The minimum atomic E-state index is -0.787. The minimum absolute atomic E-state index is 0.0778. The van der Waals surface area contributed by atoms with Gasteiger partial charge in [-0.25, -0.2) is 0 Å². The topological polar surface area (TPSA) is 55.5 Å². The van der Waals surface area contributed by atoms with Crippen LogP contribution in [-0.2, 0) is 4.74 Å². The van der Waals surface area contributed by atoms with Gasteiger partial charge >= 0.3 is 0 Å². The zero-order chi connectivity index (χ0) is 8.91. The van der Waals surface area contributed by atoms with E-state index in [9.17, 15) is 5.11 Å². The molecule has 3 nitrogen and oxygen atoms in total. The molecule has 3 heteroatoms. The molecule has 0 bridgehead atoms. The Kier molecular flexibility index (Phi) is 4.65. The SMILES string of the molecule is CCOCC(C)(O)C(C)CN. The van der Waals surface area contributed by atoms with Gasteiger partial charge in [-0.2, -0.15) is 0 Å². The first kappa shape index (κ1) is 10.9. The van der Waals surface area contributed by atoms with Gasteiger partial charge in [0.1, 0.15) is 0 Å². The van der Waals surface area contributed by atoms with E-state index in [2.05, 4.69) is 0 Å². The predicted octanol–water partition coefficient (Wildman–Crippen LogP) is 0.369. The average Bonchev–Trinajstić information content (AvgIpc) is 1.99. The Hall–Kier alpha value is -0.120.